The van der Waals surface area contributed by atoms with Gasteiger partial charge in [-0.25, -0.2) is 0 Å². The smallest absolute Gasteiger partial charge is 0.323 e. The molecule has 10 heteroatoms. The molecule has 10 atom stereocenters. The summed E-state index contributed by atoms with van der Waals surface area (Å²) in [5.41, 5.74) is -6.56. The molecule has 1 aromatic heterocycles. The van der Waals surface area contributed by atoms with Crippen LogP contribution in [0.4, 0.5) is 0 Å². The third-order valence-electron chi connectivity index (χ3n) is 11.1. The number of fused-ring (bicyclic) bond motifs is 3. The summed E-state index contributed by atoms with van der Waals surface area (Å²) in [6.45, 7) is 8.19. The summed E-state index contributed by atoms with van der Waals surface area (Å²) < 4.78 is 22.8. The van der Waals surface area contributed by atoms with Gasteiger partial charge in [0.25, 0.3) is 0 Å². The van der Waals surface area contributed by atoms with Gasteiger partial charge in [-0.05, 0) is 38.0 Å². The number of hydrogen-bond acceptors (Lipinski definition) is 10. The lowest BCUT2D eigenvalue weighted by Crippen LogP contribution is -2.75. The Bertz CT molecular complexity index is 1410. The van der Waals surface area contributed by atoms with Crippen LogP contribution in [-0.4, -0.2) is 64.7 Å². The maximum Gasteiger partial charge on any atom is 0.323 e. The first kappa shape index (κ1) is 27.0. The van der Waals surface area contributed by atoms with E-state index in [2.05, 4.69) is 0 Å². The Labute approximate surface area is 231 Å². The van der Waals surface area contributed by atoms with Crippen LogP contribution in [0.2, 0.25) is 0 Å². The Hall–Kier alpha value is -3.24. The maximum atomic E-state index is 14.5. The van der Waals surface area contributed by atoms with Crippen molar-refractivity contribution in [3.05, 3.63) is 47.6 Å². The molecule has 0 bridgehead atoms. The van der Waals surface area contributed by atoms with Crippen LogP contribution in [0, 0.1) is 27.6 Å². The Morgan fingerprint density at radius 2 is 1.88 bits per heavy atom. The van der Waals surface area contributed by atoms with Crippen LogP contribution in [0.1, 0.15) is 58.9 Å². The molecule has 2 saturated carbocycles. The van der Waals surface area contributed by atoms with Gasteiger partial charge in [0.05, 0.1) is 37.3 Å². The van der Waals surface area contributed by atoms with Crippen LogP contribution in [0.5, 0.6) is 0 Å². The van der Waals surface area contributed by atoms with Crippen molar-refractivity contribution in [2.75, 3.05) is 7.11 Å². The molecule has 1 spiro atoms. The largest absolute Gasteiger partial charge is 0.504 e. The highest BCUT2D eigenvalue weighted by Gasteiger charge is 2.91. The molecule has 2 N–H and O–H groups in total. The van der Waals surface area contributed by atoms with Crippen LogP contribution in [-0.2, 0) is 33.4 Å². The summed E-state index contributed by atoms with van der Waals surface area (Å²) in [5, 5.41) is 24.0. The van der Waals surface area contributed by atoms with Gasteiger partial charge in [0.1, 0.15) is 11.7 Å². The van der Waals surface area contributed by atoms with E-state index >= 15 is 0 Å². The van der Waals surface area contributed by atoms with E-state index in [0.29, 0.717) is 6.42 Å². The number of aliphatic hydroxyl groups excluding tert-OH is 2. The third-order valence-corrected chi connectivity index (χ3v) is 11.1. The number of ether oxygens (including phenoxy) is 3. The first-order valence-corrected chi connectivity index (χ1v) is 13.6. The number of esters is 2. The molecule has 4 aliphatic carbocycles. The number of hydrogen-bond donors (Lipinski definition) is 2. The predicted molar refractivity (Wildman–Crippen MR) is 137 cm³/mol. The van der Waals surface area contributed by atoms with Crippen LogP contribution < -0.4 is 0 Å². The molecule has 0 aromatic carbocycles. The second-order valence-corrected chi connectivity index (χ2v) is 12.6. The molecule has 5 aliphatic rings. The van der Waals surface area contributed by atoms with Crippen molar-refractivity contribution >= 4 is 23.5 Å². The number of allylic oxidation sites excluding steroid dienone is 3. The Morgan fingerprint density at radius 3 is 2.48 bits per heavy atom. The summed E-state index contributed by atoms with van der Waals surface area (Å²) in [5.74, 6) is -4.90. The zero-order valence-electron chi connectivity index (χ0n) is 23.3. The number of carbonyl (C=O) groups excluding carboxylic acids is 4. The number of aliphatic hydroxyl groups is 2. The summed E-state index contributed by atoms with van der Waals surface area (Å²) >= 11 is 0. The summed E-state index contributed by atoms with van der Waals surface area (Å²) in [6.07, 6.45) is 3.45. The highest BCUT2D eigenvalue weighted by Crippen LogP contribution is 2.81. The molecular formula is C30H34O10. The van der Waals surface area contributed by atoms with Gasteiger partial charge in [-0.15, -0.1) is 0 Å². The van der Waals surface area contributed by atoms with E-state index in [1.54, 1.807) is 27.0 Å². The fourth-order valence-corrected chi connectivity index (χ4v) is 9.44. The van der Waals surface area contributed by atoms with Gasteiger partial charge in [-0.2, -0.15) is 0 Å². The van der Waals surface area contributed by atoms with Crippen LogP contribution in [0.3, 0.4) is 0 Å². The van der Waals surface area contributed by atoms with Crippen molar-refractivity contribution in [3.8, 4) is 0 Å². The molecular weight excluding hydrogens is 520 g/mol. The van der Waals surface area contributed by atoms with Crippen molar-refractivity contribution in [3.63, 3.8) is 0 Å². The lowest BCUT2D eigenvalue weighted by molar-refractivity contribution is -0.241. The second kappa shape index (κ2) is 7.94. The van der Waals surface area contributed by atoms with Crippen molar-refractivity contribution in [2.45, 2.75) is 77.3 Å². The first-order chi connectivity index (χ1) is 18.7. The molecule has 10 nitrogen and oxygen atoms in total. The molecule has 1 unspecified atom stereocenters. The zero-order chi connectivity index (χ0) is 29.2. The van der Waals surface area contributed by atoms with Crippen molar-refractivity contribution < 1.29 is 48.0 Å². The topological polar surface area (TPSA) is 153 Å². The Kier molecular flexibility index (Phi) is 5.35. The number of ketones is 2. The maximum absolute atomic E-state index is 14.5. The number of rotatable bonds is 4. The minimum atomic E-state index is -2.01. The van der Waals surface area contributed by atoms with Crippen molar-refractivity contribution in [1.29, 1.82) is 0 Å². The first-order valence-electron chi connectivity index (χ1n) is 13.6. The predicted octanol–water partition coefficient (Wildman–Crippen LogP) is 2.95. The van der Waals surface area contributed by atoms with Gasteiger partial charge in [0, 0.05) is 34.7 Å². The number of epoxide rings is 1. The monoisotopic (exact) mass is 554 g/mol. The molecule has 40 heavy (non-hydrogen) atoms. The van der Waals surface area contributed by atoms with Crippen LogP contribution in [0.25, 0.3) is 0 Å². The van der Waals surface area contributed by atoms with Gasteiger partial charge in [-0.1, -0.05) is 26.8 Å². The minimum Gasteiger partial charge on any atom is -0.504 e. The normalized spacial score (nSPS) is 46.7. The van der Waals surface area contributed by atoms with E-state index < -0.39 is 80.8 Å². The van der Waals surface area contributed by atoms with Gasteiger partial charge >= 0.3 is 11.9 Å². The Morgan fingerprint density at radius 1 is 1.18 bits per heavy atom. The Balaban J connectivity index is 1.65. The van der Waals surface area contributed by atoms with E-state index in [1.165, 1.54) is 25.3 Å². The average molecular weight is 555 g/mol. The second-order valence-electron chi connectivity index (χ2n) is 12.6. The number of methoxy groups -OCH3 is 1. The minimum absolute atomic E-state index is 0.0614. The number of furan rings is 1. The number of Topliss-reactive ketones (excluding diaryl/α,β-unsaturated/α-hetero) is 1. The van der Waals surface area contributed by atoms with Gasteiger partial charge in [0.2, 0.25) is 5.78 Å². The molecule has 214 valence electrons. The SMILES string of the molecule is CCC(=O)O[C@H]1[C@H](O)C2[C@@]3(C)C=CC(=O)[C@](C)(C(=O)OC)C3=C(O)C(=O)[C@@]2(C)[C@@]23O[C@@H]2C[C@@H](c2ccoc2)[C@]13C. The fraction of sp³-hybridized carbons (Fsp3) is 0.600. The molecule has 0 amide bonds. The van der Waals surface area contributed by atoms with Gasteiger partial charge in [-0.3, -0.25) is 19.2 Å². The zero-order valence-corrected chi connectivity index (χ0v) is 23.3. The number of carbonyl (C=O) groups is 4. The standard InChI is InChI=1S/C30H34O10/c1-7-18(32)39-24-20(34)22-26(2)10-8-16(31)27(3,25(36)37-6)21(26)19(33)23(35)29(22,5)30-17(40-30)12-15(28(24,30)4)14-9-11-38-13-14/h8-11,13,15,17,20,22,24,33-34H,7,12H2,1-6H3/t15-,17+,20+,22?,24-,26-,27-,28+,29-,30+/m0/s1. The molecule has 3 fully saturated rings. The molecule has 1 aromatic rings. The molecule has 6 rings (SSSR count). The van der Waals surface area contributed by atoms with Gasteiger partial charge < -0.3 is 28.8 Å². The molecule has 1 saturated heterocycles. The highest BCUT2D eigenvalue weighted by atomic mass is 16.6. The fourth-order valence-electron chi connectivity index (χ4n) is 9.44. The van der Waals surface area contributed by atoms with Crippen molar-refractivity contribution in [1.82, 2.24) is 0 Å². The van der Waals surface area contributed by atoms with E-state index in [9.17, 15) is 29.4 Å². The van der Waals surface area contributed by atoms with E-state index in [0.717, 1.165) is 12.7 Å². The highest BCUT2D eigenvalue weighted by molar-refractivity contribution is 6.15. The van der Waals surface area contributed by atoms with E-state index in [-0.39, 0.29) is 17.9 Å². The summed E-state index contributed by atoms with van der Waals surface area (Å²) in [6, 6.07) is 1.81. The van der Waals surface area contributed by atoms with Crippen molar-refractivity contribution in [2.24, 2.45) is 27.6 Å². The average Bonchev–Trinajstić information content (AvgIpc) is 3.28. The van der Waals surface area contributed by atoms with E-state index in [4.69, 9.17) is 18.6 Å². The lowest BCUT2D eigenvalue weighted by atomic mass is 9.38. The summed E-state index contributed by atoms with van der Waals surface area (Å²) in [7, 11) is 1.13. The lowest BCUT2D eigenvalue weighted by Gasteiger charge is -2.65. The summed E-state index contributed by atoms with van der Waals surface area (Å²) in [4.78, 5) is 53.6. The third kappa shape index (κ3) is 2.63. The quantitative estimate of drug-likeness (QED) is 0.323. The van der Waals surface area contributed by atoms with Crippen LogP contribution >= 0.6 is 0 Å². The molecule has 2 heterocycles. The van der Waals surface area contributed by atoms with Gasteiger partial charge in [0.15, 0.2) is 17.0 Å². The van der Waals surface area contributed by atoms with Crippen LogP contribution in [0.15, 0.2) is 46.5 Å². The molecule has 0 radical (unpaired) electrons. The van der Waals surface area contributed by atoms with E-state index in [1.807, 2.05) is 13.0 Å². The molecule has 1 aliphatic heterocycles.